The highest BCUT2D eigenvalue weighted by Gasteiger charge is 2.16. The van der Waals surface area contributed by atoms with Gasteiger partial charge in [0.1, 0.15) is 5.58 Å². The molecule has 2 rings (SSSR count). The van der Waals surface area contributed by atoms with E-state index in [4.69, 9.17) is 4.42 Å². The van der Waals surface area contributed by atoms with Gasteiger partial charge in [0, 0.05) is 23.1 Å². The van der Waals surface area contributed by atoms with Crippen LogP contribution in [0.4, 0.5) is 5.69 Å². The minimum atomic E-state index is -0.455. The van der Waals surface area contributed by atoms with Gasteiger partial charge in [0.25, 0.3) is 5.69 Å². The number of nitro benzene ring substituents is 1. The van der Waals surface area contributed by atoms with E-state index in [-0.39, 0.29) is 5.69 Å². The van der Waals surface area contributed by atoms with Crippen molar-refractivity contribution in [2.75, 3.05) is 0 Å². The van der Waals surface area contributed by atoms with Gasteiger partial charge >= 0.3 is 5.63 Å². The van der Waals surface area contributed by atoms with Crippen LogP contribution in [0.3, 0.4) is 0 Å². The minimum Gasteiger partial charge on any atom is -0.422 e. The molecule has 0 aliphatic carbocycles. The highest BCUT2D eigenvalue weighted by molar-refractivity contribution is 5.86. The van der Waals surface area contributed by atoms with Crippen LogP contribution in [0.15, 0.2) is 27.4 Å². The average Bonchev–Trinajstić information content (AvgIpc) is 2.22. The summed E-state index contributed by atoms with van der Waals surface area (Å²) in [6, 6.07) is 4.23. The van der Waals surface area contributed by atoms with E-state index in [0.717, 1.165) is 0 Å². The normalized spacial score (nSPS) is 10.6. The van der Waals surface area contributed by atoms with Crippen molar-refractivity contribution in [3.05, 3.63) is 49.9 Å². The number of benzene rings is 1. The molecule has 0 spiro atoms. The van der Waals surface area contributed by atoms with Gasteiger partial charge < -0.3 is 4.42 Å². The van der Waals surface area contributed by atoms with E-state index >= 15 is 0 Å². The molecular weight excluding hydrogens is 210 g/mol. The van der Waals surface area contributed by atoms with Crippen molar-refractivity contribution < 1.29 is 9.34 Å². The van der Waals surface area contributed by atoms with Crippen LogP contribution in [-0.4, -0.2) is 4.92 Å². The first kappa shape index (κ1) is 10.4. The van der Waals surface area contributed by atoms with Gasteiger partial charge in [-0.2, -0.15) is 0 Å². The maximum absolute atomic E-state index is 11.1. The van der Waals surface area contributed by atoms with E-state index in [2.05, 4.69) is 0 Å². The zero-order valence-electron chi connectivity index (χ0n) is 8.81. The van der Waals surface area contributed by atoms with E-state index in [1.54, 1.807) is 19.9 Å². The van der Waals surface area contributed by atoms with E-state index in [1.807, 2.05) is 0 Å². The fourth-order valence-electron chi connectivity index (χ4n) is 1.71. The lowest BCUT2D eigenvalue weighted by Gasteiger charge is -2.04. The Labute approximate surface area is 90.5 Å². The molecule has 1 aromatic carbocycles. The van der Waals surface area contributed by atoms with E-state index in [9.17, 15) is 14.9 Å². The van der Waals surface area contributed by atoms with Crippen molar-refractivity contribution in [3.8, 4) is 0 Å². The third-order valence-corrected chi connectivity index (χ3v) is 2.53. The summed E-state index contributed by atoms with van der Waals surface area (Å²) in [5, 5.41) is 11.4. The molecule has 0 saturated heterocycles. The van der Waals surface area contributed by atoms with Crippen LogP contribution in [-0.2, 0) is 0 Å². The number of hydrogen-bond donors (Lipinski definition) is 0. The van der Waals surface area contributed by atoms with Crippen LogP contribution in [0.2, 0.25) is 0 Å². The Morgan fingerprint density at radius 3 is 2.62 bits per heavy atom. The smallest absolute Gasteiger partial charge is 0.336 e. The van der Waals surface area contributed by atoms with Gasteiger partial charge in [-0.15, -0.1) is 0 Å². The third kappa shape index (κ3) is 1.46. The van der Waals surface area contributed by atoms with Crippen LogP contribution in [0, 0.1) is 24.0 Å². The minimum absolute atomic E-state index is 0.0406. The second-order valence-corrected chi connectivity index (χ2v) is 3.59. The van der Waals surface area contributed by atoms with Crippen molar-refractivity contribution in [1.29, 1.82) is 0 Å². The van der Waals surface area contributed by atoms with Crippen molar-refractivity contribution >= 4 is 16.7 Å². The molecule has 0 N–H and O–H groups in total. The maximum Gasteiger partial charge on any atom is 0.336 e. The molecule has 0 unspecified atom stereocenters. The fraction of sp³-hybridized carbons (Fsp3) is 0.182. The molecule has 5 heteroatoms. The summed E-state index contributed by atoms with van der Waals surface area (Å²) in [6.07, 6.45) is 0. The van der Waals surface area contributed by atoms with Crippen molar-refractivity contribution in [3.63, 3.8) is 0 Å². The summed E-state index contributed by atoms with van der Waals surface area (Å²) in [5.74, 6) is 0. The number of hydrogen-bond acceptors (Lipinski definition) is 4. The predicted octanol–water partition coefficient (Wildman–Crippen LogP) is 2.32. The summed E-state index contributed by atoms with van der Waals surface area (Å²) < 4.78 is 5.03. The molecule has 0 fully saturated rings. The molecule has 1 heterocycles. The van der Waals surface area contributed by atoms with E-state index in [0.29, 0.717) is 22.1 Å². The number of nitro groups is 1. The van der Waals surface area contributed by atoms with Crippen LogP contribution >= 0.6 is 0 Å². The quantitative estimate of drug-likeness (QED) is 0.419. The molecule has 0 saturated carbocycles. The van der Waals surface area contributed by atoms with E-state index in [1.165, 1.54) is 12.1 Å². The second-order valence-electron chi connectivity index (χ2n) is 3.59. The highest BCUT2D eigenvalue weighted by Crippen LogP contribution is 2.28. The Morgan fingerprint density at radius 2 is 2.00 bits per heavy atom. The largest absolute Gasteiger partial charge is 0.422 e. The molecule has 16 heavy (non-hydrogen) atoms. The lowest BCUT2D eigenvalue weighted by molar-refractivity contribution is -0.385. The average molecular weight is 219 g/mol. The van der Waals surface area contributed by atoms with Gasteiger partial charge in [0.2, 0.25) is 0 Å². The standard InChI is InChI=1S/C11H9NO4/c1-6-5-9(12(14)15)7(2)8-3-4-10(13)16-11(6)8/h3-5H,1-2H3. The summed E-state index contributed by atoms with van der Waals surface area (Å²) in [4.78, 5) is 21.4. The Kier molecular flexibility index (Phi) is 2.23. The first-order chi connectivity index (χ1) is 7.50. The summed E-state index contributed by atoms with van der Waals surface area (Å²) in [7, 11) is 0. The Balaban J connectivity index is 2.95. The molecule has 0 amide bonds. The van der Waals surface area contributed by atoms with Gasteiger partial charge in [0.05, 0.1) is 4.92 Å². The van der Waals surface area contributed by atoms with Crippen molar-refractivity contribution in [1.82, 2.24) is 0 Å². The highest BCUT2D eigenvalue weighted by atomic mass is 16.6. The molecule has 0 bridgehead atoms. The fourth-order valence-corrected chi connectivity index (χ4v) is 1.71. The molecule has 0 aliphatic heterocycles. The lowest BCUT2D eigenvalue weighted by Crippen LogP contribution is -1.99. The molecule has 82 valence electrons. The number of rotatable bonds is 1. The Bertz CT molecular complexity index is 642. The molecule has 5 nitrogen and oxygen atoms in total. The lowest BCUT2D eigenvalue weighted by atomic mass is 10.0. The zero-order valence-corrected chi connectivity index (χ0v) is 8.81. The zero-order chi connectivity index (χ0) is 11.9. The van der Waals surface area contributed by atoms with Gasteiger partial charge in [-0.1, -0.05) is 0 Å². The van der Waals surface area contributed by atoms with Gasteiger partial charge in [-0.3, -0.25) is 10.1 Å². The van der Waals surface area contributed by atoms with Crippen molar-refractivity contribution in [2.45, 2.75) is 13.8 Å². The first-order valence-electron chi connectivity index (χ1n) is 4.69. The monoisotopic (exact) mass is 219 g/mol. The van der Waals surface area contributed by atoms with Crippen LogP contribution in [0.25, 0.3) is 11.0 Å². The van der Waals surface area contributed by atoms with E-state index < -0.39 is 10.5 Å². The SMILES string of the molecule is Cc1c([N+](=O)[O-])cc(C)c2oc(=O)ccc12. The predicted molar refractivity (Wildman–Crippen MR) is 58.6 cm³/mol. The van der Waals surface area contributed by atoms with Gasteiger partial charge in [0.15, 0.2) is 0 Å². The number of nitrogens with zero attached hydrogens (tertiary/aromatic N) is 1. The third-order valence-electron chi connectivity index (χ3n) is 2.53. The van der Waals surface area contributed by atoms with Gasteiger partial charge in [-0.05, 0) is 25.5 Å². The summed E-state index contributed by atoms with van der Waals surface area (Å²) >= 11 is 0. The molecular formula is C11H9NO4. The topological polar surface area (TPSA) is 73.3 Å². The Morgan fingerprint density at radius 1 is 1.31 bits per heavy atom. The number of fused-ring (bicyclic) bond motifs is 1. The summed E-state index contributed by atoms with van der Waals surface area (Å²) in [6.45, 7) is 3.32. The molecule has 0 atom stereocenters. The van der Waals surface area contributed by atoms with Gasteiger partial charge in [-0.25, -0.2) is 4.79 Å². The molecule has 0 aliphatic rings. The molecule has 1 aromatic heterocycles. The van der Waals surface area contributed by atoms with Crippen LogP contribution in [0.1, 0.15) is 11.1 Å². The maximum atomic E-state index is 11.1. The molecule has 2 aromatic rings. The Hall–Kier alpha value is -2.17. The van der Waals surface area contributed by atoms with Crippen LogP contribution < -0.4 is 5.63 Å². The summed E-state index contributed by atoms with van der Waals surface area (Å²) in [5.41, 5.74) is 1.10. The van der Waals surface area contributed by atoms with Crippen LogP contribution in [0.5, 0.6) is 0 Å². The van der Waals surface area contributed by atoms with Crippen molar-refractivity contribution in [2.24, 2.45) is 0 Å². The number of aryl methyl sites for hydroxylation is 2. The second kappa shape index (κ2) is 3.44. The molecule has 0 radical (unpaired) electrons. The first-order valence-corrected chi connectivity index (χ1v) is 4.69.